The monoisotopic (exact) mass is 657 g/mol. The van der Waals surface area contributed by atoms with E-state index in [1.807, 2.05) is 68.4 Å². The summed E-state index contributed by atoms with van der Waals surface area (Å²) in [6.45, 7) is 4.77. The number of sulfonamides is 1. The Kier molecular flexibility index (Phi) is 10.5. The highest BCUT2D eigenvalue weighted by atomic mass is 79.9. The van der Waals surface area contributed by atoms with Crippen LogP contribution >= 0.6 is 15.9 Å². The van der Waals surface area contributed by atoms with Crippen molar-refractivity contribution in [3.63, 3.8) is 0 Å². The number of anilines is 1. The molecule has 0 bridgehead atoms. The SMILES string of the molecule is CC(C)CNC(=O)[C@@H](Cc1ccccc1)N(Cc1ccc(Br)cc1)C(=O)CN(c1ccc2c(c1)OCCO2)S(C)(=O)=O. The molecule has 3 aromatic rings. The number of nitrogens with zero attached hydrogens (tertiary/aromatic N) is 2. The highest BCUT2D eigenvalue weighted by Crippen LogP contribution is 2.34. The molecule has 4 rings (SSSR count). The molecule has 1 atom stereocenters. The van der Waals surface area contributed by atoms with Crippen LogP contribution in [0.25, 0.3) is 0 Å². The molecule has 2 amide bonds. The van der Waals surface area contributed by atoms with Gasteiger partial charge in [0.25, 0.3) is 0 Å². The van der Waals surface area contributed by atoms with Crippen LogP contribution in [-0.2, 0) is 32.6 Å². The number of carbonyl (C=O) groups excluding carboxylic acids is 2. The van der Waals surface area contributed by atoms with Crippen LogP contribution in [0.2, 0.25) is 0 Å². The molecule has 0 radical (unpaired) electrons. The van der Waals surface area contributed by atoms with Crippen molar-refractivity contribution in [2.75, 3.05) is 36.9 Å². The molecule has 0 unspecified atom stereocenters. The van der Waals surface area contributed by atoms with Gasteiger partial charge in [0.2, 0.25) is 21.8 Å². The van der Waals surface area contributed by atoms with E-state index in [2.05, 4.69) is 21.2 Å². The fourth-order valence-corrected chi connectivity index (χ4v) is 5.67. The average molecular weight is 659 g/mol. The van der Waals surface area contributed by atoms with E-state index in [4.69, 9.17) is 9.47 Å². The molecular formula is C31H36BrN3O6S. The number of halogens is 1. The van der Waals surface area contributed by atoms with Crippen LogP contribution < -0.4 is 19.1 Å². The number of hydrogen-bond acceptors (Lipinski definition) is 6. The largest absolute Gasteiger partial charge is 0.486 e. The highest BCUT2D eigenvalue weighted by Gasteiger charge is 2.33. The van der Waals surface area contributed by atoms with Crippen molar-refractivity contribution in [3.8, 4) is 11.5 Å². The van der Waals surface area contributed by atoms with Crippen molar-refractivity contribution in [3.05, 3.63) is 88.4 Å². The summed E-state index contributed by atoms with van der Waals surface area (Å²) in [5, 5.41) is 2.98. The van der Waals surface area contributed by atoms with Crippen molar-refractivity contribution in [1.82, 2.24) is 10.2 Å². The Hall–Kier alpha value is -3.57. The molecule has 0 saturated heterocycles. The molecule has 0 saturated carbocycles. The molecule has 224 valence electrons. The van der Waals surface area contributed by atoms with Crippen molar-refractivity contribution < 1.29 is 27.5 Å². The van der Waals surface area contributed by atoms with Crippen LogP contribution in [0.15, 0.2) is 77.3 Å². The van der Waals surface area contributed by atoms with Crippen molar-refractivity contribution in [2.45, 2.75) is 32.9 Å². The van der Waals surface area contributed by atoms with Gasteiger partial charge >= 0.3 is 0 Å². The molecule has 1 heterocycles. The smallest absolute Gasteiger partial charge is 0.244 e. The number of fused-ring (bicyclic) bond motifs is 1. The minimum atomic E-state index is -3.90. The fraction of sp³-hybridized carbons (Fsp3) is 0.355. The zero-order valence-corrected chi connectivity index (χ0v) is 26.4. The lowest BCUT2D eigenvalue weighted by Crippen LogP contribution is -2.53. The van der Waals surface area contributed by atoms with Gasteiger partial charge in [0.15, 0.2) is 11.5 Å². The molecule has 0 aromatic heterocycles. The Labute approximate surface area is 256 Å². The van der Waals surface area contributed by atoms with Gasteiger partial charge in [-0.15, -0.1) is 0 Å². The van der Waals surface area contributed by atoms with Gasteiger partial charge in [-0.3, -0.25) is 13.9 Å². The molecule has 9 nitrogen and oxygen atoms in total. The third-order valence-corrected chi connectivity index (χ3v) is 8.38. The van der Waals surface area contributed by atoms with E-state index in [1.165, 1.54) is 4.90 Å². The molecule has 3 aromatic carbocycles. The van der Waals surface area contributed by atoms with E-state index in [9.17, 15) is 18.0 Å². The second kappa shape index (κ2) is 14.1. The van der Waals surface area contributed by atoms with Gasteiger partial charge in [0.05, 0.1) is 11.9 Å². The van der Waals surface area contributed by atoms with Crippen molar-refractivity contribution >= 4 is 43.5 Å². The number of amides is 2. The Balaban J connectivity index is 1.71. The first-order valence-electron chi connectivity index (χ1n) is 13.7. The third-order valence-electron chi connectivity index (χ3n) is 6.71. The molecule has 1 aliphatic rings. The lowest BCUT2D eigenvalue weighted by molar-refractivity contribution is -0.140. The van der Waals surface area contributed by atoms with Crippen LogP contribution in [-0.4, -0.2) is 63.7 Å². The van der Waals surface area contributed by atoms with Crippen LogP contribution in [0, 0.1) is 5.92 Å². The standard InChI is InChI=1S/C31H36BrN3O6S/c1-22(2)19-33-31(37)27(17-23-7-5-4-6-8-23)34(20-24-9-11-25(32)12-10-24)30(36)21-35(42(3,38)39)26-13-14-28-29(18-26)41-16-15-40-28/h4-14,18,22,27H,15-17,19-21H2,1-3H3,(H,33,37)/t27-/m1/s1. The number of carbonyl (C=O) groups is 2. The maximum atomic E-state index is 14.2. The second-order valence-corrected chi connectivity index (χ2v) is 13.4. The maximum Gasteiger partial charge on any atom is 0.244 e. The lowest BCUT2D eigenvalue weighted by Gasteiger charge is -2.34. The number of ether oxygens (including phenoxy) is 2. The van der Waals surface area contributed by atoms with Crippen LogP contribution in [0.3, 0.4) is 0 Å². The minimum Gasteiger partial charge on any atom is -0.486 e. The molecule has 1 N–H and O–H groups in total. The zero-order valence-electron chi connectivity index (χ0n) is 24.0. The Morgan fingerprint density at radius 2 is 1.60 bits per heavy atom. The van der Waals surface area contributed by atoms with E-state index in [-0.39, 0.29) is 30.5 Å². The predicted molar refractivity (Wildman–Crippen MR) is 166 cm³/mol. The van der Waals surface area contributed by atoms with Gasteiger partial charge in [-0.05, 0) is 41.3 Å². The lowest BCUT2D eigenvalue weighted by atomic mass is 10.0. The summed E-state index contributed by atoms with van der Waals surface area (Å²) in [6.07, 6.45) is 1.31. The quantitative estimate of drug-likeness (QED) is 0.310. The number of rotatable bonds is 12. The topological polar surface area (TPSA) is 105 Å². The Morgan fingerprint density at radius 1 is 0.929 bits per heavy atom. The summed E-state index contributed by atoms with van der Waals surface area (Å²) in [5.74, 6) is 0.299. The third kappa shape index (κ3) is 8.48. The van der Waals surface area contributed by atoms with Crippen LogP contribution in [0.4, 0.5) is 5.69 Å². The normalized spacial score (nSPS) is 13.4. The van der Waals surface area contributed by atoms with Gasteiger partial charge in [0, 0.05) is 30.0 Å². The van der Waals surface area contributed by atoms with E-state index in [0.29, 0.717) is 31.3 Å². The summed E-state index contributed by atoms with van der Waals surface area (Å²) in [4.78, 5) is 29.3. The molecular weight excluding hydrogens is 622 g/mol. The molecule has 0 spiro atoms. The zero-order chi connectivity index (χ0) is 30.3. The number of nitrogens with one attached hydrogen (secondary N) is 1. The van der Waals surface area contributed by atoms with Crippen LogP contribution in [0.1, 0.15) is 25.0 Å². The summed E-state index contributed by atoms with van der Waals surface area (Å²) in [6, 6.07) is 20.8. The number of benzene rings is 3. The molecule has 0 fully saturated rings. The first-order valence-corrected chi connectivity index (χ1v) is 16.4. The van der Waals surface area contributed by atoms with Gasteiger partial charge < -0.3 is 19.7 Å². The average Bonchev–Trinajstić information content (AvgIpc) is 2.97. The summed E-state index contributed by atoms with van der Waals surface area (Å²) in [5.41, 5.74) is 1.94. The summed E-state index contributed by atoms with van der Waals surface area (Å²) >= 11 is 3.44. The van der Waals surface area contributed by atoms with Crippen molar-refractivity contribution in [2.24, 2.45) is 5.92 Å². The number of hydrogen-bond donors (Lipinski definition) is 1. The Morgan fingerprint density at radius 3 is 2.24 bits per heavy atom. The Bertz CT molecular complexity index is 1480. The van der Waals surface area contributed by atoms with E-state index >= 15 is 0 Å². The second-order valence-electron chi connectivity index (χ2n) is 10.6. The molecule has 0 aliphatic carbocycles. The van der Waals surface area contributed by atoms with Gasteiger partial charge in [-0.1, -0.05) is 72.2 Å². The van der Waals surface area contributed by atoms with E-state index in [1.54, 1.807) is 18.2 Å². The maximum absolute atomic E-state index is 14.2. The molecule has 1 aliphatic heterocycles. The summed E-state index contributed by atoms with van der Waals surface area (Å²) < 4.78 is 39.2. The first kappa shape index (κ1) is 31.4. The minimum absolute atomic E-state index is 0.109. The van der Waals surface area contributed by atoms with Gasteiger partial charge in [-0.25, -0.2) is 8.42 Å². The van der Waals surface area contributed by atoms with E-state index in [0.717, 1.165) is 26.2 Å². The van der Waals surface area contributed by atoms with Gasteiger partial charge in [0.1, 0.15) is 25.8 Å². The van der Waals surface area contributed by atoms with Crippen LogP contribution in [0.5, 0.6) is 11.5 Å². The van der Waals surface area contributed by atoms with Crippen molar-refractivity contribution in [1.29, 1.82) is 0 Å². The molecule has 11 heteroatoms. The first-order chi connectivity index (χ1) is 20.0. The van der Waals surface area contributed by atoms with Gasteiger partial charge in [-0.2, -0.15) is 0 Å². The van der Waals surface area contributed by atoms with E-state index < -0.39 is 28.5 Å². The predicted octanol–water partition coefficient (Wildman–Crippen LogP) is 4.40. The molecule has 42 heavy (non-hydrogen) atoms. The fourth-order valence-electron chi connectivity index (χ4n) is 4.56. The highest BCUT2D eigenvalue weighted by molar-refractivity contribution is 9.10. The summed E-state index contributed by atoms with van der Waals surface area (Å²) in [7, 11) is -3.90.